The second-order valence-corrected chi connectivity index (χ2v) is 6.76. The number of ether oxygens (including phenoxy) is 2. The standard InChI is InChI=1S/C21H26N2O3/c1-3-5-12-25-21(24)26-18-9-7-16(8-10-18)20-22-14-17-13-15(4-2)6-11-19(17)23-20/h7-10,14-15H,3-6,11-13H2,1-2H3. The number of unbranched alkanes of at least 4 members (excludes halogenated alkanes) is 1. The Balaban J connectivity index is 1.64. The molecule has 1 atom stereocenters. The van der Waals surface area contributed by atoms with Crippen LogP contribution in [0.4, 0.5) is 4.79 Å². The van der Waals surface area contributed by atoms with E-state index in [2.05, 4.69) is 11.9 Å². The summed E-state index contributed by atoms with van der Waals surface area (Å²) >= 11 is 0. The van der Waals surface area contributed by atoms with Crippen molar-refractivity contribution in [3.05, 3.63) is 41.7 Å². The van der Waals surface area contributed by atoms with E-state index in [1.165, 1.54) is 24.1 Å². The lowest BCUT2D eigenvalue weighted by molar-refractivity contribution is 0.0978. The fourth-order valence-electron chi connectivity index (χ4n) is 3.17. The average molecular weight is 354 g/mol. The molecule has 3 rings (SSSR count). The van der Waals surface area contributed by atoms with Crippen molar-refractivity contribution in [1.82, 2.24) is 9.97 Å². The fourth-order valence-corrected chi connectivity index (χ4v) is 3.17. The number of carbonyl (C=O) groups is 1. The van der Waals surface area contributed by atoms with Crippen LogP contribution in [0, 0.1) is 5.92 Å². The SMILES string of the molecule is CCCCOC(=O)Oc1ccc(-c2ncc3c(n2)CCC(CC)C3)cc1. The van der Waals surface area contributed by atoms with Gasteiger partial charge in [-0.15, -0.1) is 0 Å². The Morgan fingerprint density at radius 3 is 2.77 bits per heavy atom. The molecule has 0 bridgehead atoms. The van der Waals surface area contributed by atoms with Crippen LogP contribution in [0.5, 0.6) is 5.75 Å². The van der Waals surface area contributed by atoms with E-state index in [9.17, 15) is 4.79 Å². The first-order valence-electron chi connectivity index (χ1n) is 9.49. The Hall–Kier alpha value is -2.43. The van der Waals surface area contributed by atoms with E-state index in [0.29, 0.717) is 12.4 Å². The quantitative estimate of drug-likeness (QED) is 0.416. The molecule has 0 amide bonds. The molecule has 2 aromatic rings. The van der Waals surface area contributed by atoms with Gasteiger partial charge in [0.1, 0.15) is 5.75 Å². The number of benzene rings is 1. The lowest BCUT2D eigenvalue weighted by Gasteiger charge is -2.22. The molecule has 1 aliphatic carbocycles. The Morgan fingerprint density at radius 2 is 2.04 bits per heavy atom. The van der Waals surface area contributed by atoms with E-state index in [-0.39, 0.29) is 0 Å². The third kappa shape index (κ3) is 4.59. The zero-order chi connectivity index (χ0) is 18.4. The second kappa shape index (κ2) is 8.79. The van der Waals surface area contributed by atoms with Gasteiger partial charge in [0.25, 0.3) is 0 Å². The minimum absolute atomic E-state index is 0.384. The van der Waals surface area contributed by atoms with Gasteiger partial charge in [-0.25, -0.2) is 14.8 Å². The number of fused-ring (bicyclic) bond motifs is 1. The molecule has 0 saturated carbocycles. The summed E-state index contributed by atoms with van der Waals surface area (Å²) in [6, 6.07) is 7.22. The first-order chi connectivity index (χ1) is 12.7. The average Bonchev–Trinajstić information content (AvgIpc) is 2.68. The zero-order valence-corrected chi connectivity index (χ0v) is 15.5. The summed E-state index contributed by atoms with van der Waals surface area (Å²) < 4.78 is 10.2. The predicted molar refractivity (Wildman–Crippen MR) is 100 cm³/mol. The molecular formula is C21H26N2O3. The minimum Gasteiger partial charge on any atom is -0.434 e. The van der Waals surface area contributed by atoms with E-state index < -0.39 is 6.16 Å². The van der Waals surface area contributed by atoms with Gasteiger partial charge >= 0.3 is 6.16 Å². The van der Waals surface area contributed by atoms with Gasteiger partial charge in [0.05, 0.1) is 6.61 Å². The van der Waals surface area contributed by atoms with Crippen LogP contribution in [-0.2, 0) is 17.6 Å². The molecule has 0 spiro atoms. The van der Waals surface area contributed by atoms with Crippen LogP contribution in [0.25, 0.3) is 11.4 Å². The van der Waals surface area contributed by atoms with E-state index in [4.69, 9.17) is 14.5 Å². The lowest BCUT2D eigenvalue weighted by Crippen LogP contribution is -2.15. The molecule has 0 radical (unpaired) electrons. The molecule has 0 aliphatic heterocycles. The summed E-state index contributed by atoms with van der Waals surface area (Å²) in [6.45, 7) is 4.67. The Labute approximate surface area is 154 Å². The molecule has 0 N–H and O–H groups in total. The molecule has 1 aliphatic rings. The van der Waals surface area contributed by atoms with Gasteiger partial charge in [-0.2, -0.15) is 0 Å². The van der Waals surface area contributed by atoms with Crippen molar-refractivity contribution in [2.75, 3.05) is 6.61 Å². The number of hydrogen-bond donors (Lipinski definition) is 0. The van der Waals surface area contributed by atoms with E-state index in [1.54, 1.807) is 12.1 Å². The van der Waals surface area contributed by atoms with Crippen molar-refractivity contribution in [2.24, 2.45) is 5.92 Å². The first kappa shape index (κ1) is 18.4. The van der Waals surface area contributed by atoms with Gasteiger partial charge in [-0.05, 0) is 61.4 Å². The van der Waals surface area contributed by atoms with Crippen molar-refractivity contribution in [1.29, 1.82) is 0 Å². The third-order valence-electron chi connectivity index (χ3n) is 4.86. The Bertz CT molecular complexity index is 743. The van der Waals surface area contributed by atoms with Crippen molar-refractivity contribution in [3.63, 3.8) is 0 Å². The molecule has 5 heteroatoms. The molecular weight excluding hydrogens is 328 g/mol. The topological polar surface area (TPSA) is 61.3 Å². The van der Waals surface area contributed by atoms with E-state index >= 15 is 0 Å². The summed E-state index contributed by atoms with van der Waals surface area (Å²) in [4.78, 5) is 20.9. The Kier molecular flexibility index (Phi) is 6.21. The van der Waals surface area contributed by atoms with Crippen LogP contribution in [0.15, 0.2) is 30.5 Å². The summed E-state index contributed by atoms with van der Waals surface area (Å²) in [5, 5.41) is 0. The molecule has 1 aromatic heterocycles. The molecule has 1 heterocycles. The van der Waals surface area contributed by atoms with Crippen LogP contribution in [0.2, 0.25) is 0 Å². The predicted octanol–water partition coefficient (Wildman–Crippen LogP) is 4.97. The van der Waals surface area contributed by atoms with Crippen LogP contribution in [-0.4, -0.2) is 22.7 Å². The second-order valence-electron chi connectivity index (χ2n) is 6.76. The largest absolute Gasteiger partial charge is 0.513 e. The van der Waals surface area contributed by atoms with Crippen molar-refractivity contribution >= 4 is 6.16 Å². The third-order valence-corrected chi connectivity index (χ3v) is 4.86. The van der Waals surface area contributed by atoms with Crippen molar-refractivity contribution < 1.29 is 14.3 Å². The highest BCUT2D eigenvalue weighted by atomic mass is 16.7. The van der Waals surface area contributed by atoms with Gasteiger partial charge < -0.3 is 9.47 Å². The maximum Gasteiger partial charge on any atom is 0.513 e. The van der Waals surface area contributed by atoms with Crippen LogP contribution >= 0.6 is 0 Å². The molecule has 0 fully saturated rings. The molecule has 5 nitrogen and oxygen atoms in total. The zero-order valence-electron chi connectivity index (χ0n) is 15.5. The van der Waals surface area contributed by atoms with Gasteiger partial charge in [-0.1, -0.05) is 26.7 Å². The first-order valence-corrected chi connectivity index (χ1v) is 9.49. The smallest absolute Gasteiger partial charge is 0.434 e. The van der Waals surface area contributed by atoms with Crippen LogP contribution in [0.1, 0.15) is 50.8 Å². The molecule has 26 heavy (non-hydrogen) atoms. The fraction of sp³-hybridized carbons (Fsp3) is 0.476. The lowest BCUT2D eigenvalue weighted by atomic mass is 9.86. The van der Waals surface area contributed by atoms with Gasteiger partial charge in [0.2, 0.25) is 0 Å². The molecule has 1 aromatic carbocycles. The highest BCUT2D eigenvalue weighted by Crippen LogP contribution is 2.28. The maximum atomic E-state index is 11.6. The molecule has 138 valence electrons. The van der Waals surface area contributed by atoms with Gasteiger partial charge in [0, 0.05) is 17.5 Å². The monoisotopic (exact) mass is 354 g/mol. The number of nitrogens with zero attached hydrogens (tertiary/aromatic N) is 2. The van der Waals surface area contributed by atoms with Gasteiger partial charge in [-0.3, -0.25) is 0 Å². The highest BCUT2D eigenvalue weighted by Gasteiger charge is 2.19. The van der Waals surface area contributed by atoms with Crippen molar-refractivity contribution in [2.45, 2.75) is 52.4 Å². The summed E-state index contributed by atoms with van der Waals surface area (Å²) in [5.74, 6) is 1.93. The number of aromatic nitrogens is 2. The minimum atomic E-state index is -0.665. The number of hydrogen-bond acceptors (Lipinski definition) is 5. The molecule has 0 saturated heterocycles. The summed E-state index contributed by atoms with van der Waals surface area (Å²) in [7, 11) is 0. The number of carbonyl (C=O) groups excluding carboxylic acids is 1. The van der Waals surface area contributed by atoms with Crippen LogP contribution in [0.3, 0.4) is 0 Å². The maximum absolute atomic E-state index is 11.6. The number of rotatable bonds is 6. The van der Waals surface area contributed by atoms with Crippen molar-refractivity contribution in [3.8, 4) is 17.1 Å². The molecule has 1 unspecified atom stereocenters. The van der Waals surface area contributed by atoms with Crippen LogP contribution < -0.4 is 4.74 Å². The van der Waals surface area contributed by atoms with E-state index in [1.807, 2.05) is 25.3 Å². The summed E-state index contributed by atoms with van der Waals surface area (Å²) in [5.41, 5.74) is 3.36. The summed E-state index contributed by atoms with van der Waals surface area (Å²) in [6.07, 6.45) is 7.63. The van der Waals surface area contributed by atoms with Gasteiger partial charge in [0.15, 0.2) is 5.82 Å². The number of aryl methyl sites for hydroxylation is 1. The Morgan fingerprint density at radius 1 is 1.23 bits per heavy atom. The van der Waals surface area contributed by atoms with E-state index in [0.717, 1.165) is 43.0 Å². The normalized spacial score (nSPS) is 16.0. The highest BCUT2D eigenvalue weighted by molar-refractivity contribution is 5.65.